The molecule has 1 fully saturated rings. The van der Waals surface area contributed by atoms with Crippen LogP contribution in [0, 0.1) is 0 Å². The summed E-state index contributed by atoms with van der Waals surface area (Å²) in [7, 11) is 3.03. The van der Waals surface area contributed by atoms with Crippen molar-refractivity contribution in [3.63, 3.8) is 0 Å². The fourth-order valence-electron chi connectivity index (χ4n) is 5.68. The number of fused-ring (bicyclic) bond motifs is 3. The zero-order chi connectivity index (χ0) is 29.0. The summed E-state index contributed by atoms with van der Waals surface area (Å²) >= 11 is 6.80. The van der Waals surface area contributed by atoms with Crippen molar-refractivity contribution in [2.75, 3.05) is 20.3 Å². The second-order valence-corrected chi connectivity index (χ2v) is 10.4. The maximum Gasteiger partial charge on any atom is 0.262 e. The third kappa shape index (κ3) is 4.23. The molecule has 1 aliphatic rings. The molecule has 10 heteroatoms. The van der Waals surface area contributed by atoms with Gasteiger partial charge in [0.1, 0.15) is 33.8 Å². The van der Waals surface area contributed by atoms with Crippen molar-refractivity contribution >= 4 is 44.3 Å². The van der Waals surface area contributed by atoms with E-state index < -0.39 is 28.8 Å². The van der Waals surface area contributed by atoms with Crippen molar-refractivity contribution in [1.82, 2.24) is 4.57 Å². The fraction of sp³-hybridized carbons (Fsp3) is 0.290. The molecule has 5 aromatic rings. The second kappa shape index (κ2) is 10.4. The number of hydrogen-bond acceptors (Lipinski definition) is 8. The van der Waals surface area contributed by atoms with Crippen molar-refractivity contribution in [1.29, 1.82) is 0 Å². The number of hydrogen-bond donors (Lipinski definition) is 2. The minimum atomic E-state index is -0.624. The lowest BCUT2D eigenvalue weighted by molar-refractivity contribution is -0.0399. The van der Waals surface area contributed by atoms with Gasteiger partial charge in [-0.1, -0.05) is 37.1 Å². The highest BCUT2D eigenvalue weighted by Crippen LogP contribution is 2.48. The van der Waals surface area contributed by atoms with E-state index in [0.717, 1.165) is 6.42 Å². The van der Waals surface area contributed by atoms with Gasteiger partial charge >= 0.3 is 0 Å². The van der Waals surface area contributed by atoms with E-state index in [9.17, 15) is 19.8 Å². The molecule has 2 aromatic heterocycles. The molecule has 0 amide bonds. The first-order chi connectivity index (χ1) is 19.8. The number of nitrogens with zero attached hydrogens (tertiary/aromatic N) is 1. The highest BCUT2D eigenvalue weighted by molar-refractivity contribution is 6.37. The lowest BCUT2D eigenvalue weighted by Gasteiger charge is -2.21. The van der Waals surface area contributed by atoms with E-state index in [1.807, 2.05) is 6.92 Å². The van der Waals surface area contributed by atoms with E-state index in [2.05, 4.69) is 0 Å². The third-order valence-corrected chi connectivity index (χ3v) is 8.05. The average molecular weight is 578 g/mol. The normalized spacial score (nSPS) is 14.0. The number of pyridine rings is 1. The Balaban J connectivity index is 1.74. The summed E-state index contributed by atoms with van der Waals surface area (Å²) in [5.41, 5.74) is 0.939. The van der Waals surface area contributed by atoms with Crippen LogP contribution in [0.1, 0.15) is 24.6 Å². The van der Waals surface area contributed by atoms with Crippen LogP contribution >= 0.6 is 11.6 Å². The summed E-state index contributed by atoms with van der Waals surface area (Å²) in [6.07, 6.45) is 0.846. The van der Waals surface area contributed by atoms with Gasteiger partial charge in [-0.2, -0.15) is 0 Å². The van der Waals surface area contributed by atoms with Crippen LogP contribution in [0.15, 0.2) is 50.4 Å². The largest absolute Gasteiger partial charge is 0.506 e. The Bertz CT molecular complexity index is 1970. The first-order valence-corrected chi connectivity index (χ1v) is 13.7. The lowest BCUT2D eigenvalue weighted by atomic mass is 9.91. The molecule has 0 unspecified atom stereocenters. The monoisotopic (exact) mass is 577 g/mol. The Morgan fingerprint density at radius 2 is 1.76 bits per heavy atom. The summed E-state index contributed by atoms with van der Waals surface area (Å²) in [6.45, 7) is 2.79. The van der Waals surface area contributed by atoms with Crippen molar-refractivity contribution in [2.24, 2.45) is 7.05 Å². The molecule has 2 N–H and O–H groups in total. The van der Waals surface area contributed by atoms with Crippen LogP contribution in [-0.2, 0) is 29.4 Å². The van der Waals surface area contributed by atoms with Gasteiger partial charge in [0.15, 0.2) is 6.29 Å². The zero-order valence-corrected chi connectivity index (χ0v) is 23.5. The maximum absolute atomic E-state index is 13.6. The van der Waals surface area contributed by atoms with Crippen LogP contribution in [0.4, 0.5) is 0 Å². The molecule has 0 saturated carbocycles. The van der Waals surface area contributed by atoms with Gasteiger partial charge in [0.25, 0.3) is 5.56 Å². The van der Waals surface area contributed by atoms with Gasteiger partial charge in [-0.25, -0.2) is 0 Å². The van der Waals surface area contributed by atoms with Crippen LogP contribution in [0.5, 0.6) is 17.2 Å². The number of aromatic nitrogens is 1. The zero-order valence-electron chi connectivity index (χ0n) is 22.7. The minimum Gasteiger partial charge on any atom is -0.506 e. The van der Waals surface area contributed by atoms with Crippen LogP contribution in [0.2, 0.25) is 5.02 Å². The summed E-state index contributed by atoms with van der Waals surface area (Å²) in [6, 6.07) is 9.90. The first-order valence-electron chi connectivity index (χ1n) is 13.3. The maximum atomic E-state index is 13.6. The van der Waals surface area contributed by atoms with Crippen molar-refractivity contribution in [3.05, 3.63) is 73.3 Å². The molecule has 6 rings (SSSR count). The minimum absolute atomic E-state index is 0.0570. The number of ether oxygens (including phenoxy) is 3. The van der Waals surface area contributed by atoms with Crippen molar-refractivity contribution < 1.29 is 28.8 Å². The second-order valence-electron chi connectivity index (χ2n) is 10.0. The molecule has 3 heterocycles. The smallest absolute Gasteiger partial charge is 0.262 e. The number of para-hydroxylation sites is 1. The van der Waals surface area contributed by atoms with Crippen molar-refractivity contribution in [2.45, 2.75) is 32.5 Å². The standard InChI is InChI=1S/C31H28ClNO8/c1-4-7-18-27(32)24-20(38-3)14-17(29(35)26(24)31(37)33(18)2)23-15(13-22-39-10-11-40-22)12-21-25(30(23)36)28(34)16-8-5-6-9-19(16)41-21/h5-6,8-9,12,14,22,35-36H,4,7,10-11,13H2,1-3H3. The van der Waals surface area contributed by atoms with Crippen LogP contribution in [0.3, 0.4) is 0 Å². The van der Waals surface area contributed by atoms with E-state index in [1.165, 1.54) is 17.7 Å². The molecule has 0 aliphatic carbocycles. The van der Waals surface area contributed by atoms with Gasteiger partial charge in [0.2, 0.25) is 5.43 Å². The SMILES string of the molecule is CCCc1c(Cl)c2c(OC)cc(-c3c(CC4OCCO4)cc4oc5ccccc5c(=O)c4c3O)c(O)c2c(=O)n1C. The topological polar surface area (TPSA) is 120 Å². The molecule has 9 nitrogen and oxygen atoms in total. The average Bonchev–Trinajstić information content (AvgIpc) is 3.47. The van der Waals surface area contributed by atoms with Crippen molar-refractivity contribution in [3.8, 4) is 28.4 Å². The summed E-state index contributed by atoms with van der Waals surface area (Å²) in [4.78, 5) is 27.2. The first kappa shape index (κ1) is 27.1. The quantitative estimate of drug-likeness (QED) is 0.257. The lowest BCUT2D eigenvalue weighted by Crippen LogP contribution is -2.22. The van der Waals surface area contributed by atoms with Gasteiger partial charge in [-0.3, -0.25) is 9.59 Å². The van der Waals surface area contributed by atoms with Gasteiger partial charge < -0.3 is 33.4 Å². The number of halogens is 1. The van der Waals surface area contributed by atoms with E-state index in [1.54, 1.807) is 37.4 Å². The Morgan fingerprint density at radius 3 is 2.46 bits per heavy atom. The Labute approximate surface area is 239 Å². The van der Waals surface area contributed by atoms with Gasteiger partial charge in [-0.05, 0) is 36.2 Å². The molecular formula is C31H28ClNO8. The molecule has 212 valence electrons. The Hall–Kier alpha value is -4.05. The number of methoxy groups -OCH3 is 1. The molecule has 0 atom stereocenters. The highest BCUT2D eigenvalue weighted by Gasteiger charge is 2.29. The number of phenols is 2. The number of aromatic hydroxyl groups is 2. The Morgan fingerprint density at radius 1 is 1.02 bits per heavy atom. The van der Waals surface area contributed by atoms with E-state index >= 15 is 0 Å². The van der Waals surface area contributed by atoms with E-state index in [-0.39, 0.29) is 45.0 Å². The van der Waals surface area contributed by atoms with Crippen LogP contribution in [-0.4, -0.2) is 41.4 Å². The summed E-state index contributed by atoms with van der Waals surface area (Å²) in [5, 5.41) is 24.2. The molecule has 41 heavy (non-hydrogen) atoms. The predicted molar refractivity (Wildman–Crippen MR) is 156 cm³/mol. The summed E-state index contributed by atoms with van der Waals surface area (Å²) in [5.74, 6) is -0.574. The molecule has 0 spiro atoms. The fourth-order valence-corrected chi connectivity index (χ4v) is 6.09. The molecular weight excluding hydrogens is 550 g/mol. The Kier molecular flexibility index (Phi) is 6.89. The number of phenolic OH excluding ortho intramolecular Hbond substituents is 2. The predicted octanol–water partition coefficient (Wildman–Crippen LogP) is 5.41. The molecule has 1 aliphatic heterocycles. The van der Waals surface area contributed by atoms with Crippen LogP contribution in [0.25, 0.3) is 43.8 Å². The van der Waals surface area contributed by atoms with Crippen LogP contribution < -0.4 is 15.7 Å². The van der Waals surface area contributed by atoms with Gasteiger partial charge in [0.05, 0.1) is 41.5 Å². The molecule has 0 radical (unpaired) electrons. The van der Waals surface area contributed by atoms with E-state index in [0.29, 0.717) is 46.9 Å². The third-order valence-electron chi connectivity index (χ3n) is 7.64. The summed E-state index contributed by atoms with van der Waals surface area (Å²) < 4.78 is 24.5. The number of rotatable bonds is 6. The molecule has 1 saturated heterocycles. The number of benzene rings is 3. The molecule has 0 bridgehead atoms. The van der Waals surface area contributed by atoms with Gasteiger partial charge in [0, 0.05) is 30.3 Å². The van der Waals surface area contributed by atoms with Gasteiger partial charge in [-0.15, -0.1) is 0 Å². The van der Waals surface area contributed by atoms with E-state index in [4.69, 9.17) is 30.2 Å². The highest BCUT2D eigenvalue weighted by atomic mass is 35.5. The molecule has 3 aromatic carbocycles.